The van der Waals surface area contributed by atoms with Crippen LogP contribution in [0.1, 0.15) is 71.1 Å². The van der Waals surface area contributed by atoms with Gasteiger partial charge in [0.05, 0.1) is 0 Å². The molecule has 0 aromatic rings. The Bertz CT molecular complexity index is 429. The second-order valence-corrected chi connectivity index (χ2v) is 6.11. The molecule has 142 valence electrons. The third-order valence-corrected chi connectivity index (χ3v) is 3.92. The van der Waals surface area contributed by atoms with Gasteiger partial charge in [-0.15, -0.1) is 0 Å². The Morgan fingerprint density at radius 3 is 2.20 bits per heavy atom. The van der Waals surface area contributed by atoms with E-state index >= 15 is 0 Å². The Hall–Kier alpha value is -1.75. The van der Waals surface area contributed by atoms with Crippen LogP contribution >= 0.6 is 0 Å². The van der Waals surface area contributed by atoms with Gasteiger partial charge >= 0.3 is 0 Å². The molecule has 0 bridgehead atoms. The number of carbonyl (C=O) groups excluding carboxylic acids is 1. The number of rotatable bonds is 16. The highest BCUT2D eigenvalue weighted by atomic mass is 16.6. The van der Waals surface area contributed by atoms with Crippen LogP contribution in [0, 0.1) is 10.1 Å². The molecule has 0 rings (SSSR count). The van der Waals surface area contributed by atoms with Crippen LogP contribution in [0.2, 0.25) is 0 Å². The third-order valence-electron chi connectivity index (χ3n) is 3.92. The molecular weight excluding hydrogens is 318 g/mol. The lowest BCUT2D eigenvalue weighted by molar-refractivity contribution is -0.533. The lowest BCUT2D eigenvalue weighted by Crippen LogP contribution is -2.32. The van der Waals surface area contributed by atoms with Crippen molar-refractivity contribution in [3.8, 4) is 0 Å². The van der Waals surface area contributed by atoms with E-state index in [-0.39, 0.29) is 6.42 Å². The monoisotopic (exact) mass is 351 g/mol. The Kier molecular flexibility index (Phi) is 15.9. The van der Waals surface area contributed by atoms with Gasteiger partial charge in [0.25, 0.3) is 0 Å². The third kappa shape index (κ3) is 14.3. The molecule has 0 saturated heterocycles. The Balaban J connectivity index is 4.01. The van der Waals surface area contributed by atoms with E-state index in [1.54, 1.807) is 6.08 Å². The zero-order valence-electron chi connectivity index (χ0n) is 15.4. The number of carbonyl (C=O) groups is 1. The topological polar surface area (TPSA) is 80.4 Å². The van der Waals surface area contributed by atoms with Gasteiger partial charge in [0.1, 0.15) is 12.4 Å². The first kappa shape index (κ1) is 23.2. The van der Waals surface area contributed by atoms with Crippen LogP contribution < -0.4 is 0 Å². The Labute approximate surface area is 151 Å². The van der Waals surface area contributed by atoms with Gasteiger partial charge in [-0.2, -0.15) is 0 Å². The molecule has 2 unspecified atom stereocenters. The van der Waals surface area contributed by atoms with Gasteiger partial charge in [0.15, 0.2) is 0 Å². The molecule has 0 aliphatic rings. The smallest absolute Gasteiger partial charge is 0.242 e. The minimum atomic E-state index is -0.963. The van der Waals surface area contributed by atoms with Crippen molar-refractivity contribution in [3.05, 3.63) is 46.6 Å². The highest BCUT2D eigenvalue weighted by molar-refractivity contribution is 5.48. The molecule has 0 amide bonds. The van der Waals surface area contributed by atoms with E-state index in [9.17, 15) is 20.0 Å². The van der Waals surface area contributed by atoms with E-state index in [2.05, 4.69) is 13.0 Å². The van der Waals surface area contributed by atoms with Crippen LogP contribution in [0.15, 0.2) is 36.5 Å². The number of aldehydes is 1. The van der Waals surface area contributed by atoms with Gasteiger partial charge in [-0.1, -0.05) is 56.2 Å². The van der Waals surface area contributed by atoms with Gasteiger partial charge in [0, 0.05) is 17.8 Å². The molecule has 5 heteroatoms. The summed E-state index contributed by atoms with van der Waals surface area (Å²) in [6.45, 7) is 2.06. The molecule has 2 atom stereocenters. The minimum absolute atomic E-state index is 0.249. The first-order chi connectivity index (χ1) is 12.1. The summed E-state index contributed by atoms with van der Waals surface area (Å²) in [5.41, 5.74) is 0. The standard InChI is InChI=1S/C20H33NO4/c1-2-3-4-5-10-13-16-19(21(24)25)20(23)17-14-11-8-6-7-9-12-15-18-22/h3-4,10-11,13-14,18-20,23H,2,5-9,12,15-17H2,1H3/b4-3-,13-10-,14-11-. The van der Waals surface area contributed by atoms with Crippen molar-refractivity contribution in [1.82, 2.24) is 0 Å². The van der Waals surface area contributed by atoms with E-state index in [1.165, 1.54) is 0 Å². The predicted octanol–water partition coefficient (Wildman–Crippen LogP) is 4.78. The van der Waals surface area contributed by atoms with Crippen LogP contribution in [0.5, 0.6) is 0 Å². The fourth-order valence-electron chi connectivity index (χ4n) is 2.41. The molecule has 0 heterocycles. The van der Waals surface area contributed by atoms with Crippen LogP contribution in [-0.4, -0.2) is 28.5 Å². The molecule has 0 aliphatic carbocycles. The first-order valence-electron chi connectivity index (χ1n) is 9.33. The van der Waals surface area contributed by atoms with Crippen molar-refractivity contribution in [2.75, 3.05) is 0 Å². The molecule has 0 aliphatic heterocycles. The summed E-state index contributed by atoms with van der Waals surface area (Å²) < 4.78 is 0. The maximum Gasteiger partial charge on any atom is 0.242 e. The Morgan fingerprint density at radius 1 is 0.920 bits per heavy atom. The summed E-state index contributed by atoms with van der Waals surface area (Å²) in [4.78, 5) is 20.9. The molecule has 0 radical (unpaired) electrons. The number of allylic oxidation sites excluding steroid dienone is 4. The number of hydrogen-bond acceptors (Lipinski definition) is 4. The van der Waals surface area contributed by atoms with Crippen molar-refractivity contribution >= 4 is 6.29 Å². The van der Waals surface area contributed by atoms with E-state index in [0.29, 0.717) is 12.8 Å². The van der Waals surface area contributed by atoms with Gasteiger partial charge in [-0.25, -0.2) is 0 Å². The predicted molar refractivity (Wildman–Crippen MR) is 102 cm³/mol. The largest absolute Gasteiger partial charge is 0.386 e. The quantitative estimate of drug-likeness (QED) is 0.143. The molecule has 5 nitrogen and oxygen atoms in total. The van der Waals surface area contributed by atoms with E-state index in [1.807, 2.05) is 24.3 Å². The number of aliphatic hydroxyl groups excluding tert-OH is 1. The molecule has 25 heavy (non-hydrogen) atoms. The lowest BCUT2D eigenvalue weighted by atomic mass is 10.0. The fourth-order valence-corrected chi connectivity index (χ4v) is 2.41. The van der Waals surface area contributed by atoms with E-state index in [0.717, 1.165) is 51.2 Å². The Morgan fingerprint density at radius 2 is 1.56 bits per heavy atom. The number of unbranched alkanes of at least 4 members (excludes halogenated alkanes) is 5. The summed E-state index contributed by atoms with van der Waals surface area (Å²) in [6.07, 6.45) is 19.5. The van der Waals surface area contributed by atoms with Crippen molar-refractivity contribution < 1.29 is 14.8 Å². The zero-order valence-corrected chi connectivity index (χ0v) is 15.4. The molecular formula is C20H33NO4. The van der Waals surface area contributed by atoms with Gasteiger partial charge in [0.2, 0.25) is 6.04 Å². The van der Waals surface area contributed by atoms with Crippen LogP contribution in [0.25, 0.3) is 0 Å². The molecule has 0 spiro atoms. The number of nitro groups is 1. The summed E-state index contributed by atoms with van der Waals surface area (Å²) >= 11 is 0. The summed E-state index contributed by atoms with van der Waals surface area (Å²) in [6, 6.07) is -0.959. The molecule has 0 aromatic carbocycles. The maximum absolute atomic E-state index is 11.1. The SMILES string of the molecule is CC/C=C\C/C=C\CC(C(O)C/C=C\CCCCCCC=O)[N+](=O)[O-]. The molecule has 0 saturated carbocycles. The van der Waals surface area contributed by atoms with Gasteiger partial charge in [-0.3, -0.25) is 10.1 Å². The minimum Gasteiger partial charge on any atom is -0.386 e. The van der Waals surface area contributed by atoms with Gasteiger partial charge in [-0.05, 0) is 38.5 Å². The lowest BCUT2D eigenvalue weighted by Gasteiger charge is -2.12. The van der Waals surface area contributed by atoms with Crippen molar-refractivity contribution in [2.45, 2.75) is 83.3 Å². The van der Waals surface area contributed by atoms with E-state index < -0.39 is 17.1 Å². The average Bonchev–Trinajstić information content (AvgIpc) is 2.59. The molecule has 0 aromatic heterocycles. The summed E-state index contributed by atoms with van der Waals surface area (Å²) in [5.74, 6) is 0. The average molecular weight is 351 g/mol. The number of nitrogens with zero attached hydrogens (tertiary/aromatic N) is 1. The normalized spacial score (nSPS) is 14.5. The highest BCUT2D eigenvalue weighted by Gasteiger charge is 2.27. The molecule has 1 N–H and O–H groups in total. The number of aliphatic hydroxyl groups is 1. The number of hydrogen-bond donors (Lipinski definition) is 1. The van der Waals surface area contributed by atoms with Gasteiger partial charge < -0.3 is 9.90 Å². The van der Waals surface area contributed by atoms with Crippen LogP contribution in [-0.2, 0) is 4.79 Å². The zero-order chi connectivity index (χ0) is 18.8. The molecule has 0 fully saturated rings. The second kappa shape index (κ2) is 17.1. The summed E-state index contributed by atoms with van der Waals surface area (Å²) in [7, 11) is 0. The van der Waals surface area contributed by atoms with Crippen LogP contribution in [0.4, 0.5) is 0 Å². The fraction of sp³-hybridized carbons (Fsp3) is 0.650. The van der Waals surface area contributed by atoms with E-state index in [4.69, 9.17) is 0 Å². The van der Waals surface area contributed by atoms with Crippen molar-refractivity contribution in [1.29, 1.82) is 0 Å². The van der Waals surface area contributed by atoms with Crippen molar-refractivity contribution in [2.24, 2.45) is 0 Å². The van der Waals surface area contributed by atoms with Crippen molar-refractivity contribution in [3.63, 3.8) is 0 Å². The first-order valence-corrected chi connectivity index (χ1v) is 9.33. The second-order valence-electron chi connectivity index (χ2n) is 6.11. The maximum atomic E-state index is 11.1. The van der Waals surface area contributed by atoms with Crippen LogP contribution in [0.3, 0.4) is 0 Å². The highest BCUT2D eigenvalue weighted by Crippen LogP contribution is 2.11. The summed E-state index contributed by atoms with van der Waals surface area (Å²) in [5, 5.41) is 21.2.